The summed E-state index contributed by atoms with van der Waals surface area (Å²) in [4.78, 5) is 0. The van der Waals surface area contributed by atoms with Crippen molar-refractivity contribution in [3.05, 3.63) is 0 Å². The van der Waals surface area contributed by atoms with E-state index in [1.54, 1.807) is 0 Å². The number of hydrogen-bond donors (Lipinski definition) is 0. The van der Waals surface area contributed by atoms with Crippen LogP contribution in [0.4, 0.5) is 0 Å². The van der Waals surface area contributed by atoms with Crippen LogP contribution in [0.1, 0.15) is 34.0 Å². The minimum absolute atomic E-state index is 0. The van der Waals surface area contributed by atoms with Crippen LogP contribution < -0.4 is 0 Å². The van der Waals surface area contributed by atoms with Crippen molar-refractivity contribution in [3.8, 4) is 0 Å². The van der Waals surface area contributed by atoms with Gasteiger partial charge in [0.25, 0.3) is 0 Å². The van der Waals surface area contributed by atoms with Gasteiger partial charge in [-0.15, -0.1) is 0 Å². The van der Waals surface area contributed by atoms with Gasteiger partial charge in [0.1, 0.15) is 0 Å². The monoisotopic (exact) mass is 117 g/mol. The summed E-state index contributed by atoms with van der Waals surface area (Å²) in [5, 5.41) is 0. The summed E-state index contributed by atoms with van der Waals surface area (Å²) in [5.41, 5.74) is 0. The molecular formula is C6H17Si+. The Morgan fingerprint density at radius 3 is 2.43 bits per heavy atom. The average Bonchev–Trinajstić information content (AvgIpc) is 1.69. The third kappa shape index (κ3) is 6.22. The fraction of sp³-hybridized carbons (Fsp3) is 1.00. The Labute approximate surface area is 51.2 Å². The van der Waals surface area contributed by atoms with Gasteiger partial charge in [-0.3, -0.25) is 0 Å². The lowest BCUT2D eigenvalue weighted by Gasteiger charge is -1.90. The molecule has 0 nitrogen and oxygen atoms in total. The van der Waals surface area contributed by atoms with E-state index in [-0.39, 0.29) is 1.43 Å². The molecule has 0 saturated carbocycles. The second-order valence-corrected chi connectivity index (χ2v) is 3.06. The molecule has 0 bridgehead atoms. The molecule has 7 heavy (non-hydrogen) atoms. The zero-order chi connectivity index (χ0) is 5.54. The first-order valence-electron chi connectivity index (χ1n) is 3.41. The van der Waals surface area contributed by atoms with Gasteiger partial charge < -0.3 is 0 Å². The van der Waals surface area contributed by atoms with E-state index in [1.165, 1.54) is 42.0 Å². The third-order valence-corrected chi connectivity index (χ3v) is 1.91. The van der Waals surface area contributed by atoms with Gasteiger partial charge in [0.05, 0.1) is 0 Å². The largest absolute Gasteiger partial charge is 1.00 e. The molecule has 0 fully saturated rings. The van der Waals surface area contributed by atoms with E-state index >= 15 is 0 Å². The van der Waals surface area contributed by atoms with Crippen LogP contribution >= 0.6 is 0 Å². The van der Waals surface area contributed by atoms with Crippen LogP contribution in [0.25, 0.3) is 0 Å². The van der Waals surface area contributed by atoms with E-state index in [4.69, 9.17) is 0 Å². The standard InChI is InChI=1S/C6H16Si/c1-2-3-4-5-6-7/h2-6H2,1,7H3/p+1. The summed E-state index contributed by atoms with van der Waals surface area (Å²) < 4.78 is 0. The van der Waals surface area contributed by atoms with Crippen molar-refractivity contribution in [3.63, 3.8) is 0 Å². The highest BCUT2D eigenvalue weighted by Crippen LogP contribution is 1.99. The molecular weight excluding hydrogens is 100 g/mol. The van der Waals surface area contributed by atoms with Crippen molar-refractivity contribution >= 4 is 10.2 Å². The Bertz CT molecular complexity index is 27.7. The minimum atomic E-state index is 0. The topological polar surface area (TPSA) is 0 Å². The van der Waals surface area contributed by atoms with E-state index in [9.17, 15) is 0 Å². The maximum Gasteiger partial charge on any atom is 1.00 e. The molecule has 0 saturated heterocycles. The van der Waals surface area contributed by atoms with Crippen LogP contribution in [0.3, 0.4) is 0 Å². The van der Waals surface area contributed by atoms with Crippen molar-refractivity contribution in [2.75, 3.05) is 0 Å². The average molecular weight is 117 g/mol. The summed E-state index contributed by atoms with van der Waals surface area (Å²) >= 11 is 0. The predicted octanol–water partition coefficient (Wildman–Crippen LogP) is 1.46. The van der Waals surface area contributed by atoms with Gasteiger partial charge >= 0.3 is 1.43 Å². The Hall–Kier alpha value is 0.217. The second-order valence-electron chi connectivity index (χ2n) is 2.06. The molecule has 0 aromatic carbocycles. The smallest absolute Gasteiger partial charge is 0.0658 e. The summed E-state index contributed by atoms with van der Waals surface area (Å²) in [5.74, 6) is 0. The van der Waals surface area contributed by atoms with Gasteiger partial charge in [-0.2, -0.15) is 0 Å². The number of rotatable bonds is 4. The van der Waals surface area contributed by atoms with Gasteiger partial charge in [-0.1, -0.05) is 38.7 Å². The zero-order valence-corrected chi connectivity index (χ0v) is 7.54. The maximum atomic E-state index is 2.26. The number of hydrogen-bond acceptors (Lipinski definition) is 0. The molecule has 0 unspecified atom stereocenters. The van der Waals surface area contributed by atoms with Gasteiger partial charge in [0, 0.05) is 10.2 Å². The molecule has 0 aromatic rings. The van der Waals surface area contributed by atoms with Gasteiger partial charge in [0.15, 0.2) is 0 Å². The molecule has 0 spiro atoms. The summed E-state index contributed by atoms with van der Waals surface area (Å²) in [6, 6.07) is 1.50. The molecule has 44 valence electrons. The quantitative estimate of drug-likeness (QED) is 0.386. The first-order valence-corrected chi connectivity index (χ1v) is 4.83. The van der Waals surface area contributed by atoms with Gasteiger partial charge in [0.2, 0.25) is 0 Å². The van der Waals surface area contributed by atoms with Crippen molar-refractivity contribution in [2.24, 2.45) is 0 Å². The van der Waals surface area contributed by atoms with Crippen LogP contribution in [0, 0.1) is 0 Å². The summed E-state index contributed by atoms with van der Waals surface area (Å²) in [6.07, 6.45) is 5.78. The van der Waals surface area contributed by atoms with E-state index in [0.717, 1.165) is 0 Å². The van der Waals surface area contributed by atoms with Gasteiger partial charge in [-0.05, 0) is 0 Å². The molecule has 0 aliphatic rings. The van der Waals surface area contributed by atoms with E-state index in [2.05, 4.69) is 6.92 Å². The highest BCUT2D eigenvalue weighted by Gasteiger charge is 1.80. The predicted molar refractivity (Wildman–Crippen MR) is 40.0 cm³/mol. The molecule has 0 atom stereocenters. The molecule has 0 N–H and O–H groups in total. The molecule has 0 aliphatic heterocycles. The third-order valence-electron chi connectivity index (χ3n) is 1.21. The SMILES string of the molecule is CCCCCC[SiH3].[H+]. The van der Waals surface area contributed by atoms with Crippen LogP contribution in [-0.2, 0) is 0 Å². The minimum Gasteiger partial charge on any atom is -0.0658 e. The van der Waals surface area contributed by atoms with Crippen molar-refractivity contribution in [1.82, 2.24) is 0 Å². The molecule has 1 heteroatoms. The van der Waals surface area contributed by atoms with Gasteiger partial charge in [-0.25, -0.2) is 0 Å². The summed E-state index contributed by atoms with van der Waals surface area (Å²) in [6.45, 7) is 2.26. The van der Waals surface area contributed by atoms with Crippen LogP contribution in [0.2, 0.25) is 6.04 Å². The molecule has 0 aliphatic carbocycles. The molecule has 0 heterocycles. The van der Waals surface area contributed by atoms with Crippen LogP contribution in [0.5, 0.6) is 0 Å². The molecule has 0 radical (unpaired) electrons. The first-order chi connectivity index (χ1) is 3.41. The molecule has 0 amide bonds. The number of unbranched alkanes of at least 4 members (excludes halogenated alkanes) is 3. The lowest BCUT2D eigenvalue weighted by molar-refractivity contribution is 0.701. The van der Waals surface area contributed by atoms with Crippen LogP contribution in [0.15, 0.2) is 0 Å². The Morgan fingerprint density at radius 1 is 1.29 bits per heavy atom. The Kier molecular flexibility index (Phi) is 6.41. The first kappa shape index (κ1) is 7.22. The van der Waals surface area contributed by atoms with E-state index in [0.29, 0.717) is 0 Å². The van der Waals surface area contributed by atoms with Crippen molar-refractivity contribution in [2.45, 2.75) is 38.7 Å². The van der Waals surface area contributed by atoms with E-state index in [1.807, 2.05) is 0 Å². The van der Waals surface area contributed by atoms with Crippen LogP contribution in [-0.4, -0.2) is 10.2 Å². The lowest BCUT2D eigenvalue weighted by atomic mass is 10.2. The molecule has 0 aromatic heterocycles. The normalized spacial score (nSPS) is 9.86. The van der Waals surface area contributed by atoms with E-state index < -0.39 is 0 Å². The summed E-state index contributed by atoms with van der Waals surface area (Å²) in [7, 11) is 1.41. The van der Waals surface area contributed by atoms with Crippen molar-refractivity contribution in [1.29, 1.82) is 0 Å². The zero-order valence-electron chi connectivity index (χ0n) is 6.54. The second kappa shape index (κ2) is 6.22. The Morgan fingerprint density at radius 2 is 2.00 bits per heavy atom. The fourth-order valence-electron chi connectivity index (χ4n) is 0.677. The highest BCUT2D eigenvalue weighted by molar-refractivity contribution is 6.08. The highest BCUT2D eigenvalue weighted by atomic mass is 28.1. The lowest BCUT2D eigenvalue weighted by Crippen LogP contribution is -1.72. The Balaban J connectivity index is 0. The molecule has 0 rings (SSSR count). The fourth-order valence-corrected chi connectivity index (χ4v) is 1.18. The van der Waals surface area contributed by atoms with Crippen molar-refractivity contribution < 1.29 is 1.43 Å². The maximum absolute atomic E-state index is 2.26.